The van der Waals surface area contributed by atoms with Gasteiger partial charge in [0.2, 0.25) is 0 Å². The molecule has 0 unspecified atom stereocenters. The summed E-state index contributed by atoms with van der Waals surface area (Å²) in [6.07, 6.45) is 2.13. The Morgan fingerprint density at radius 1 is 0.875 bits per heavy atom. The molecule has 1 aliphatic rings. The minimum atomic E-state index is -0.148. The number of aromatic amines is 1. The number of fused-ring (bicyclic) bond motifs is 1. The van der Waals surface area contributed by atoms with Crippen molar-refractivity contribution in [3.63, 3.8) is 0 Å². The van der Waals surface area contributed by atoms with Gasteiger partial charge in [-0.3, -0.25) is 9.80 Å². The summed E-state index contributed by atoms with van der Waals surface area (Å²) in [5, 5.41) is 1.32. The summed E-state index contributed by atoms with van der Waals surface area (Å²) in [6, 6.07) is 15.4. The molecule has 0 aliphatic carbocycles. The number of benzene rings is 2. The van der Waals surface area contributed by atoms with Crippen molar-refractivity contribution < 1.29 is 4.39 Å². The van der Waals surface area contributed by atoms with Gasteiger partial charge in [0.05, 0.1) is 0 Å². The van der Waals surface area contributed by atoms with Crippen LogP contribution in [0.5, 0.6) is 0 Å². The number of aromatic nitrogens is 1. The molecule has 0 bridgehead atoms. The Labute approximate surface area is 141 Å². The monoisotopic (exact) mass is 323 g/mol. The second kappa shape index (κ2) is 6.75. The number of hydrogen-bond acceptors (Lipinski definition) is 2. The van der Waals surface area contributed by atoms with Crippen LogP contribution in [0.3, 0.4) is 0 Å². The van der Waals surface area contributed by atoms with E-state index in [-0.39, 0.29) is 5.82 Å². The van der Waals surface area contributed by atoms with Crippen molar-refractivity contribution in [2.24, 2.45) is 0 Å². The number of H-pyrrole nitrogens is 1. The molecule has 2 heterocycles. The van der Waals surface area contributed by atoms with Gasteiger partial charge in [-0.05, 0) is 29.3 Å². The molecule has 1 N–H and O–H groups in total. The fraction of sp³-hybridized carbons (Fsp3) is 0.300. The lowest BCUT2D eigenvalue weighted by Crippen LogP contribution is -2.45. The van der Waals surface area contributed by atoms with Gasteiger partial charge >= 0.3 is 0 Å². The van der Waals surface area contributed by atoms with E-state index in [1.165, 1.54) is 22.5 Å². The van der Waals surface area contributed by atoms with Crippen LogP contribution in [-0.2, 0) is 13.1 Å². The van der Waals surface area contributed by atoms with Gasteiger partial charge < -0.3 is 4.98 Å². The van der Waals surface area contributed by atoms with Crippen LogP contribution >= 0.6 is 0 Å². The van der Waals surface area contributed by atoms with Gasteiger partial charge in [0.25, 0.3) is 0 Å². The molecule has 1 aliphatic heterocycles. The Hall–Kier alpha value is -2.17. The highest BCUT2D eigenvalue weighted by Crippen LogP contribution is 2.20. The fourth-order valence-electron chi connectivity index (χ4n) is 3.50. The van der Waals surface area contributed by atoms with E-state index in [1.807, 2.05) is 6.07 Å². The fourth-order valence-corrected chi connectivity index (χ4v) is 3.50. The lowest BCUT2D eigenvalue weighted by Gasteiger charge is -2.34. The Morgan fingerprint density at radius 2 is 1.62 bits per heavy atom. The molecule has 3 nitrogen and oxygen atoms in total. The van der Waals surface area contributed by atoms with Crippen molar-refractivity contribution in [3.8, 4) is 0 Å². The van der Waals surface area contributed by atoms with Crippen molar-refractivity contribution in [2.75, 3.05) is 26.2 Å². The molecule has 1 aromatic heterocycles. The third-order valence-corrected chi connectivity index (χ3v) is 4.83. The summed E-state index contributed by atoms with van der Waals surface area (Å²) in [6.45, 7) is 5.97. The zero-order valence-electron chi connectivity index (χ0n) is 13.7. The molecular weight excluding hydrogens is 301 g/mol. The van der Waals surface area contributed by atoms with Gasteiger partial charge in [-0.15, -0.1) is 0 Å². The van der Waals surface area contributed by atoms with Crippen LogP contribution < -0.4 is 0 Å². The van der Waals surface area contributed by atoms with Crippen LogP contribution in [0.25, 0.3) is 10.9 Å². The van der Waals surface area contributed by atoms with Gasteiger partial charge in [-0.25, -0.2) is 4.39 Å². The van der Waals surface area contributed by atoms with E-state index in [1.54, 1.807) is 12.1 Å². The van der Waals surface area contributed by atoms with E-state index in [2.05, 4.69) is 45.2 Å². The summed E-state index contributed by atoms with van der Waals surface area (Å²) in [7, 11) is 0. The number of hydrogen-bond donors (Lipinski definition) is 1. The number of piperazine rings is 1. The minimum Gasteiger partial charge on any atom is -0.361 e. The first kappa shape index (κ1) is 15.4. The highest BCUT2D eigenvalue weighted by molar-refractivity contribution is 5.82. The van der Waals surface area contributed by atoms with E-state index in [0.29, 0.717) is 0 Å². The van der Waals surface area contributed by atoms with Crippen molar-refractivity contribution >= 4 is 10.9 Å². The van der Waals surface area contributed by atoms with E-state index < -0.39 is 0 Å². The molecule has 0 amide bonds. The Bertz CT molecular complexity index is 818. The molecule has 0 atom stereocenters. The van der Waals surface area contributed by atoms with Crippen molar-refractivity contribution in [3.05, 3.63) is 71.7 Å². The highest BCUT2D eigenvalue weighted by atomic mass is 19.1. The van der Waals surface area contributed by atoms with Crippen LogP contribution in [0.15, 0.2) is 54.7 Å². The van der Waals surface area contributed by atoms with Gasteiger partial charge in [0.1, 0.15) is 5.82 Å². The van der Waals surface area contributed by atoms with E-state index in [0.717, 1.165) is 44.8 Å². The largest absolute Gasteiger partial charge is 0.361 e. The summed E-state index contributed by atoms with van der Waals surface area (Å²) >= 11 is 0. The molecule has 4 heteroatoms. The third kappa shape index (κ3) is 3.35. The van der Waals surface area contributed by atoms with E-state index in [4.69, 9.17) is 0 Å². The quantitative estimate of drug-likeness (QED) is 0.792. The summed E-state index contributed by atoms with van der Waals surface area (Å²) < 4.78 is 13.3. The molecular formula is C20H22FN3. The normalized spacial score (nSPS) is 16.7. The second-order valence-corrected chi connectivity index (χ2v) is 6.54. The Kier molecular flexibility index (Phi) is 4.32. The number of para-hydroxylation sites is 1. The predicted octanol–water partition coefficient (Wildman–Crippen LogP) is 3.62. The summed E-state index contributed by atoms with van der Waals surface area (Å²) in [5.41, 5.74) is 3.63. The average molecular weight is 323 g/mol. The number of nitrogens with zero attached hydrogens (tertiary/aromatic N) is 2. The first-order valence-electron chi connectivity index (χ1n) is 8.52. The van der Waals surface area contributed by atoms with Crippen LogP contribution in [0.4, 0.5) is 4.39 Å². The van der Waals surface area contributed by atoms with Crippen LogP contribution in [-0.4, -0.2) is 41.0 Å². The number of rotatable bonds is 4. The SMILES string of the molecule is Fc1cccc(CN2CCN(Cc3c[nH]c4ccccc34)CC2)c1. The smallest absolute Gasteiger partial charge is 0.123 e. The topological polar surface area (TPSA) is 22.3 Å². The zero-order valence-corrected chi connectivity index (χ0v) is 13.7. The van der Waals surface area contributed by atoms with Crippen LogP contribution in [0.2, 0.25) is 0 Å². The molecule has 24 heavy (non-hydrogen) atoms. The molecule has 4 rings (SSSR count). The van der Waals surface area contributed by atoms with Gasteiger partial charge in [-0.2, -0.15) is 0 Å². The predicted molar refractivity (Wildman–Crippen MR) is 95.3 cm³/mol. The number of halogens is 1. The minimum absolute atomic E-state index is 0.148. The maximum atomic E-state index is 13.3. The van der Waals surface area contributed by atoms with E-state index in [9.17, 15) is 4.39 Å². The second-order valence-electron chi connectivity index (χ2n) is 6.54. The number of nitrogens with one attached hydrogen (secondary N) is 1. The first-order chi connectivity index (χ1) is 11.8. The third-order valence-electron chi connectivity index (χ3n) is 4.83. The molecule has 1 saturated heterocycles. The summed E-state index contributed by atoms with van der Waals surface area (Å²) in [4.78, 5) is 8.25. The van der Waals surface area contributed by atoms with Crippen LogP contribution in [0, 0.1) is 5.82 Å². The average Bonchev–Trinajstić information content (AvgIpc) is 3.00. The van der Waals surface area contributed by atoms with Crippen molar-refractivity contribution in [1.82, 2.24) is 14.8 Å². The van der Waals surface area contributed by atoms with Gasteiger partial charge in [0, 0.05) is 56.4 Å². The molecule has 0 saturated carbocycles. The Morgan fingerprint density at radius 3 is 2.42 bits per heavy atom. The standard InChI is InChI=1S/C20H22FN3/c21-18-5-3-4-16(12-18)14-23-8-10-24(11-9-23)15-17-13-22-20-7-2-1-6-19(17)20/h1-7,12-13,22H,8-11,14-15H2. The van der Waals surface area contributed by atoms with E-state index >= 15 is 0 Å². The Balaban J connectivity index is 1.34. The molecule has 3 aromatic rings. The van der Waals surface area contributed by atoms with Crippen molar-refractivity contribution in [1.29, 1.82) is 0 Å². The molecule has 124 valence electrons. The molecule has 0 radical (unpaired) electrons. The lowest BCUT2D eigenvalue weighted by molar-refractivity contribution is 0.122. The zero-order chi connectivity index (χ0) is 16.4. The van der Waals surface area contributed by atoms with Crippen LogP contribution in [0.1, 0.15) is 11.1 Å². The van der Waals surface area contributed by atoms with Crippen molar-refractivity contribution in [2.45, 2.75) is 13.1 Å². The lowest BCUT2D eigenvalue weighted by atomic mass is 10.1. The first-order valence-corrected chi connectivity index (χ1v) is 8.52. The molecule has 2 aromatic carbocycles. The summed E-state index contributed by atoms with van der Waals surface area (Å²) in [5.74, 6) is -0.148. The molecule has 1 fully saturated rings. The highest BCUT2D eigenvalue weighted by Gasteiger charge is 2.18. The molecule has 0 spiro atoms. The maximum Gasteiger partial charge on any atom is 0.123 e. The maximum absolute atomic E-state index is 13.3. The van der Waals surface area contributed by atoms with Gasteiger partial charge in [-0.1, -0.05) is 30.3 Å². The van der Waals surface area contributed by atoms with Gasteiger partial charge in [0.15, 0.2) is 0 Å².